The summed E-state index contributed by atoms with van der Waals surface area (Å²) < 4.78 is 72.9. The van der Waals surface area contributed by atoms with Crippen molar-refractivity contribution >= 4 is 95.1 Å². The molecule has 6 rings (SSSR count). The maximum absolute atomic E-state index is 12.2. The SMILES string of the molecule is CCN1C(=Cc2n(CC)c3cc(Cl)c(Cl)cc3[n+]2CCc2ccccc2S(=O)(=O)O)N(CCc2ccccc2S(=O)(=O)O)c2cc(Cl)c(Cl)cc21. The van der Waals surface area contributed by atoms with Gasteiger partial charge in [0.25, 0.3) is 26.1 Å². The quantitative estimate of drug-likeness (QED) is 0.101. The molecule has 4 aromatic carbocycles. The third-order valence-electron chi connectivity index (χ3n) is 8.91. The lowest BCUT2D eigenvalue weighted by molar-refractivity contribution is -0.673. The van der Waals surface area contributed by atoms with Gasteiger partial charge in [0.2, 0.25) is 0 Å². The van der Waals surface area contributed by atoms with Gasteiger partial charge in [0, 0.05) is 31.6 Å². The fourth-order valence-electron chi connectivity index (χ4n) is 6.65. The molecule has 2 heterocycles. The zero-order valence-electron chi connectivity index (χ0n) is 27.4. The number of nitrogens with zero attached hydrogens (tertiary/aromatic N) is 4. The van der Waals surface area contributed by atoms with Crippen LogP contribution < -0.4 is 14.4 Å². The molecule has 0 atom stereocenters. The summed E-state index contributed by atoms with van der Waals surface area (Å²) in [4.78, 5) is 3.76. The summed E-state index contributed by atoms with van der Waals surface area (Å²) >= 11 is 26.2. The molecule has 0 aliphatic carbocycles. The zero-order valence-corrected chi connectivity index (χ0v) is 32.0. The maximum atomic E-state index is 12.2. The Morgan fingerprint density at radius 2 is 1.20 bits per heavy atom. The minimum atomic E-state index is -4.47. The van der Waals surface area contributed by atoms with E-state index in [4.69, 9.17) is 46.4 Å². The predicted octanol–water partition coefficient (Wildman–Crippen LogP) is 8.19. The predicted molar refractivity (Wildman–Crippen MR) is 203 cm³/mol. The number of imidazole rings is 1. The molecular formula is C35H33Cl4N4O6S2+. The van der Waals surface area contributed by atoms with Gasteiger partial charge in [-0.25, -0.2) is 9.13 Å². The molecule has 0 fully saturated rings. The van der Waals surface area contributed by atoms with E-state index in [1.807, 2.05) is 29.4 Å². The summed E-state index contributed by atoms with van der Waals surface area (Å²) in [5.74, 6) is 1.47. The van der Waals surface area contributed by atoms with Crippen LogP contribution in [0.3, 0.4) is 0 Å². The first-order valence-electron chi connectivity index (χ1n) is 15.9. The van der Waals surface area contributed by atoms with Crippen molar-refractivity contribution in [2.24, 2.45) is 0 Å². The Morgan fingerprint density at radius 1 is 0.686 bits per heavy atom. The highest BCUT2D eigenvalue weighted by Gasteiger charge is 2.35. The minimum Gasteiger partial charge on any atom is -0.326 e. The van der Waals surface area contributed by atoms with E-state index in [1.54, 1.807) is 60.7 Å². The first-order valence-corrected chi connectivity index (χ1v) is 20.3. The average molecular weight is 812 g/mol. The van der Waals surface area contributed by atoms with E-state index >= 15 is 0 Å². The Hall–Kier alpha value is -3.33. The molecule has 1 aliphatic rings. The molecule has 0 saturated carbocycles. The number of aryl methyl sites for hydroxylation is 3. The van der Waals surface area contributed by atoms with Gasteiger partial charge in [0.05, 0.1) is 60.4 Å². The third-order valence-corrected chi connectivity index (χ3v) is 12.3. The number of fused-ring (bicyclic) bond motifs is 2. The van der Waals surface area contributed by atoms with Crippen molar-refractivity contribution in [2.45, 2.75) is 49.6 Å². The van der Waals surface area contributed by atoms with Crippen molar-refractivity contribution in [1.29, 1.82) is 0 Å². The molecule has 0 bridgehead atoms. The largest absolute Gasteiger partial charge is 0.326 e. The lowest BCUT2D eigenvalue weighted by Crippen LogP contribution is -2.39. The van der Waals surface area contributed by atoms with Crippen LogP contribution in [0.15, 0.2) is 88.4 Å². The van der Waals surface area contributed by atoms with Crippen LogP contribution >= 0.6 is 46.4 Å². The highest BCUT2D eigenvalue weighted by molar-refractivity contribution is 7.86. The number of benzene rings is 4. The molecule has 16 heteroatoms. The normalized spacial score (nSPS) is 14.2. The number of anilines is 2. The number of hydrogen-bond acceptors (Lipinski definition) is 6. The molecule has 5 aromatic rings. The smallest absolute Gasteiger partial charge is 0.294 e. The van der Waals surface area contributed by atoms with Gasteiger partial charge >= 0.3 is 0 Å². The van der Waals surface area contributed by atoms with Gasteiger partial charge in [-0.3, -0.25) is 9.11 Å². The fraction of sp³-hybridized carbons (Fsp3) is 0.229. The van der Waals surface area contributed by atoms with Gasteiger partial charge in [-0.05, 0) is 55.7 Å². The van der Waals surface area contributed by atoms with Crippen LogP contribution in [-0.2, 0) is 46.2 Å². The fourth-order valence-corrected chi connectivity index (χ4v) is 8.79. The van der Waals surface area contributed by atoms with Crippen molar-refractivity contribution in [3.8, 4) is 0 Å². The number of aromatic nitrogens is 2. The second-order valence-corrected chi connectivity index (χ2v) is 16.2. The summed E-state index contributed by atoms with van der Waals surface area (Å²) in [6.07, 6.45) is 2.50. The molecule has 1 aromatic heterocycles. The third kappa shape index (κ3) is 7.34. The summed E-state index contributed by atoms with van der Waals surface area (Å²) in [7, 11) is -8.94. The first-order chi connectivity index (χ1) is 24.1. The summed E-state index contributed by atoms with van der Waals surface area (Å²) in [5.41, 5.74) is 3.97. The van der Waals surface area contributed by atoms with Crippen molar-refractivity contribution in [3.63, 3.8) is 0 Å². The number of rotatable bonds is 11. The number of hydrogen-bond donors (Lipinski definition) is 2. The molecule has 0 amide bonds. The van der Waals surface area contributed by atoms with Gasteiger partial charge in [-0.1, -0.05) is 82.8 Å². The molecule has 51 heavy (non-hydrogen) atoms. The Kier molecular flexibility index (Phi) is 10.7. The van der Waals surface area contributed by atoms with Crippen LogP contribution in [0.25, 0.3) is 17.1 Å². The lowest BCUT2D eigenvalue weighted by Gasteiger charge is -2.24. The van der Waals surface area contributed by atoms with E-state index in [9.17, 15) is 25.9 Å². The van der Waals surface area contributed by atoms with Crippen molar-refractivity contribution in [2.75, 3.05) is 22.9 Å². The molecule has 268 valence electrons. The molecule has 2 N–H and O–H groups in total. The monoisotopic (exact) mass is 809 g/mol. The van der Waals surface area contributed by atoms with Gasteiger partial charge in [-0.15, -0.1) is 0 Å². The van der Waals surface area contributed by atoms with E-state index in [1.165, 1.54) is 12.1 Å². The molecule has 0 spiro atoms. The Morgan fingerprint density at radius 3 is 1.75 bits per heavy atom. The Balaban J connectivity index is 1.54. The Labute approximate surface area is 316 Å². The lowest BCUT2D eigenvalue weighted by atomic mass is 10.1. The van der Waals surface area contributed by atoms with Crippen LogP contribution in [0.5, 0.6) is 0 Å². The Bertz CT molecular complexity index is 2430. The molecule has 0 radical (unpaired) electrons. The summed E-state index contributed by atoms with van der Waals surface area (Å²) in [5, 5.41) is 1.42. The highest BCUT2D eigenvalue weighted by Crippen LogP contribution is 2.46. The molecule has 0 unspecified atom stereocenters. The molecular weight excluding hydrogens is 778 g/mol. The minimum absolute atomic E-state index is 0.167. The van der Waals surface area contributed by atoms with E-state index in [0.717, 1.165) is 34.1 Å². The molecule has 0 saturated heterocycles. The highest BCUT2D eigenvalue weighted by atomic mass is 35.5. The van der Waals surface area contributed by atoms with E-state index in [0.29, 0.717) is 57.4 Å². The first kappa shape index (κ1) is 37.4. The topological polar surface area (TPSA) is 124 Å². The van der Waals surface area contributed by atoms with Gasteiger partial charge < -0.3 is 9.80 Å². The van der Waals surface area contributed by atoms with Crippen LogP contribution in [0.2, 0.25) is 20.1 Å². The number of halogens is 4. The summed E-state index contributed by atoms with van der Waals surface area (Å²) in [6.45, 7) is 5.64. The zero-order chi connectivity index (χ0) is 36.8. The molecule has 1 aliphatic heterocycles. The van der Waals surface area contributed by atoms with E-state index in [-0.39, 0.29) is 22.6 Å². The summed E-state index contributed by atoms with van der Waals surface area (Å²) in [6, 6.07) is 19.7. The van der Waals surface area contributed by atoms with Crippen LogP contribution in [0.1, 0.15) is 30.8 Å². The van der Waals surface area contributed by atoms with Gasteiger partial charge in [0.15, 0.2) is 11.0 Å². The van der Waals surface area contributed by atoms with Crippen LogP contribution in [-0.4, -0.2) is 43.6 Å². The van der Waals surface area contributed by atoms with E-state index < -0.39 is 20.2 Å². The second kappa shape index (κ2) is 14.6. The van der Waals surface area contributed by atoms with Crippen LogP contribution in [0, 0.1) is 0 Å². The van der Waals surface area contributed by atoms with Crippen molar-refractivity contribution in [1.82, 2.24) is 4.57 Å². The average Bonchev–Trinajstić information content (AvgIpc) is 3.51. The van der Waals surface area contributed by atoms with E-state index in [2.05, 4.69) is 9.47 Å². The van der Waals surface area contributed by atoms with Crippen molar-refractivity contribution in [3.05, 3.63) is 116 Å². The van der Waals surface area contributed by atoms with Crippen LogP contribution in [0.4, 0.5) is 11.4 Å². The van der Waals surface area contributed by atoms with Gasteiger partial charge in [-0.2, -0.15) is 16.8 Å². The van der Waals surface area contributed by atoms with Crippen molar-refractivity contribution < 1.29 is 30.5 Å². The molecule has 10 nitrogen and oxygen atoms in total. The van der Waals surface area contributed by atoms with Gasteiger partial charge in [0.1, 0.15) is 5.82 Å². The standard InChI is InChI=1S/C35H32Cl4N4O6S2/c1-3-40-28-17-24(36)26(38)19-30(28)42(15-13-22-9-5-7-11-32(22)50(44,45)46)34(40)21-35-41(4-2)29-18-25(37)27(39)20-31(29)43(35)16-14-23-10-6-8-12-33(23)51(47,48)49/h5-12,17-21H,3-4,13-16H2,1-2H3,(H-,44,45,46,47,48,49)/p+1. The maximum Gasteiger partial charge on any atom is 0.294 e. The second-order valence-electron chi connectivity index (χ2n) is 11.8.